The highest BCUT2D eigenvalue weighted by molar-refractivity contribution is 5.96. The van der Waals surface area contributed by atoms with Crippen molar-refractivity contribution in [1.82, 2.24) is 0 Å². The van der Waals surface area contributed by atoms with E-state index in [0.29, 0.717) is 11.3 Å². The van der Waals surface area contributed by atoms with Crippen LogP contribution in [-0.2, 0) is 4.79 Å². The molecule has 0 heterocycles. The fraction of sp³-hybridized carbons (Fsp3) is 0.167. The summed E-state index contributed by atoms with van der Waals surface area (Å²) in [7, 11) is 0. The van der Waals surface area contributed by atoms with Crippen LogP contribution < -0.4 is 4.74 Å². The van der Waals surface area contributed by atoms with Gasteiger partial charge in [0.25, 0.3) is 0 Å². The first-order chi connectivity index (χ1) is 8.17. The number of carboxylic acids is 1. The third kappa shape index (κ3) is 3.97. The molecule has 0 fully saturated rings. The summed E-state index contributed by atoms with van der Waals surface area (Å²) in [5.74, 6) is -0.682. The molecule has 1 rings (SSSR count). The van der Waals surface area contributed by atoms with Crippen molar-refractivity contribution in [2.45, 2.75) is 0 Å². The van der Waals surface area contributed by atoms with Gasteiger partial charge in [-0.1, -0.05) is 12.1 Å². The van der Waals surface area contributed by atoms with Crippen LogP contribution in [0.15, 0.2) is 29.8 Å². The molecule has 0 aliphatic heterocycles. The maximum atomic E-state index is 10.6. The molecule has 5 nitrogen and oxygen atoms in total. The Balaban J connectivity index is 2.81. The van der Waals surface area contributed by atoms with E-state index in [0.717, 1.165) is 0 Å². The Morgan fingerprint density at radius 1 is 1.41 bits per heavy atom. The van der Waals surface area contributed by atoms with Gasteiger partial charge in [-0.15, -0.1) is 0 Å². The van der Waals surface area contributed by atoms with Gasteiger partial charge in [0.1, 0.15) is 24.0 Å². The van der Waals surface area contributed by atoms with Gasteiger partial charge in [-0.05, 0) is 23.8 Å². The van der Waals surface area contributed by atoms with Crippen LogP contribution in [0.5, 0.6) is 5.75 Å². The van der Waals surface area contributed by atoms with Crippen molar-refractivity contribution >= 4 is 12.0 Å². The second-order valence-electron chi connectivity index (χ2n) is 3.12. The van der Waals surface area contributed by atoms with E-state index in [1.807, 2.05) is 0 Å². The molecule has 0 aromatic heterocycles. The first-order valence-corrected chi connectivity index (χ1v) is 4.86. The zero-order valence-electron chi connectivity index (χ0n) is 8.96. The molecule has 5 heteroatoms. The monoisotopic (exact) mass is 233 g/mol. The van der Waals surface area contributed by atoms with Crippen LogP contribution in [0.4, 0.5) is 0 Å². The lowest BCUT2D eigenvalue weighted by atomic mass is 10.1. The van der Waals surface area contributed by atoms with E-state index in [9.17, 15) is 4.79 Å². The molecule has 0 saturated heterocycles. The maximum Gasteiger partial charge on any atom is 0.346 e. The molecule has 2 N–H and O–H groups in total. The van der Waals surface area contributed by atoms with Gasteiger partial charge in [0.15, 0.2) is 0 Å². The Morgan fingerprint density at radius 3 is 2.53 bits per heavy atom. The van der Waals surface area contributed by atoms with Crippen LogP contribution in [0, 0.1) is 11.3 Å². The number of carbonyl (C=O) groups is 1. The molecule has 0 spiro atoms. The van der Waals surface area contributed by atoms with Crippen molar-refractivity contribution in [2.24, 2.45) is 0 Å². The average Bonchev–Trinajstić information content (AvgIpc) is 2.34. The standard InChI is InChI=1S/C12H11NO4/c13-8-10(12(15)16)7-9-1-3-11(4-2-9)17-6-5-14/h1-4,7,14H,5-6H2,(H,15,16). The van der Waals surface area contributed by atoms with E-state index >= 15 is 0 Å². The molecule has 1 aromatic rings. The lowest BCUT2D eigenvalue weighted by Crippen LogP contribution is -2.01. The summed E-state index contributed by atoms with van der Waals surface area (Å²) < 4.78 is 5.14. The van der Waals surface area contributed by atoms with Gasteiger partial charge in [0, 0.05) is 0 Å². The lowest BCUT2D eigenvalue weighted by Gasteiger charge is -2.03. The van der Waals surface area contributed by atoms with Crippen LogP contribution in [0.1, 0.15) is 5.56 Å². The van der Waals surface area contributed by atoms with E-state index in [1.54, 1.807) is 30.3 Å². The number of nitriles is 1. The third-order valence-corrected chi connectivity index (χ3v) is 1.90. The minimum absolute atomic E-state index is 0.0702. The lowest BCUT2D eigenvalue weighted by molar-refractivity contribution is -0.132. The van der Waals surface area contributed by atoms with Gasteiger partial charge < -0.3 is 14.9 Å². The van der Waals surface area contributed by atoms with Crippen LogP contribution in [0.3, 0.4) is 0 Å². The topological polar surface area (TPSA) is 90.5 Å². The Kier molecular flexibility index (Phi) is 4.73. The predicted octanol–water partition coefficient (Wildman–Crippen LogP) is 1.05. The minimum Gasteiger partial charge on any atom is -0.491 e. The molecule has 0 radical (unpaired) electrons. The highest BCUT2D eigenvalue weighted by Crippen LogP contribution is 2.14. The summed E-state index contributed by atoms with van der Waals surface area (Å²) in [6.45, 7) is 0.132. The van der Waals surface area contributed by atoms with Gasteiger partial charge in [-0.3, -0.25) is 0 Å². The molecule has 0 unspecified atom stereocenters. The molecule has 0 aliphatic carbocycles. The number of nitrogens with zero attached hydrogens (tertiary/aromatic N) is 1. The largest absolute Gasteiger partial charge is 0.491 e. The molecule has 0 atom stereocenters. The van der Waals surface area contributed by atoms with Gasteiger partial charge >= 0.3 is 5.97 Å². The molecular formula is C12H11NO4. The van der Waals surface area contributed by atoms with Gasteiger partial charge in [-0.2, -0.15) is 5.26 Å². The number of hydrogen-bond acceptors (Lipinski definition) is 4. The highest BCUT2D eigenvalue weighted by Gasteiger charge is 2.05. The van der Waals surface area contributed by atoms with Crippen molar-refractivity contribution in [1.29, 1.82) is 5.26 Å². The zero-order valence-corrected chi connectivity index (χ0v) is 8.96. The fourth-order valence-corrected chi connectivity index (χ4v) is 1.13. The van der Waals surface area contributed by atoms with E-state index in [2.05, 4.69) is 0 Å². The van der Waals surface area contributed by atoms with Gasteiger partial charge in [-0.25, -0.2) is 4.79 Å². The van der Waals surface area contributed by atoms with Crippen LogP contribution in [-0.4, -0.2) is 29.4 Å². The summed E-state index contributed by atoms with van der Waals surface area (Å²) in [4.78, 5) is 10.6. The quantitative estimate of drug-likeness (QED) is 0.586. The molecule has 17 heavy (non-hydrogen) atoms. The van der Waals surface area contributed by atoms with Crippen molar-refractivity contribution in [3.63, 3.8) is 0 Å². The minimum atomic E-state index is -1.26. The maximum absolute atomic E-state index is 10.6. The fourth-order valence-electron chi connectivity index (χ4n) is 1.13. The summed E-state index contributed by atoms with van der Waals surface area (Å²) in [6.07, 6.45) is 1.28. The van der Waals surface area contributed by atoms with E-state index in [4.69, 9.17) is 20.2 Å². The molecule has 88 valence electrons. The Labute approximate surface area is 98.2 Å². The number of carboxylic acid groups (broad SMARTS) is 1. The Hall–Kier alpha value is -2.32. The number of aliphatic carboxylic acids is 1. The van der Waals surface area contributed by atoms with Crippen LogP contribution >= 0.6 is 0 Å². The van der Waals surface area contributed by atoms with E-state index < -0.39 is 5.97 Å². The normalized spacial score (nSPS) is 10.7. The van der Waals surface area contributed by atoms with E-state index in [1.165, 1.54) is 6.08 Å². The summed E-state index contributed by atoms with van der Waals surface area (Å²) in [6, 6.07) is 8.13. The van der Waals surface area contributed by atoms with Crippen molar-refractivity contribution in [3.8, 4) is 11.8 Å². The Bertz CT molecular complexity index is 456. The number of aliphatic hydroxyl groups is 1. The molecular weight excluding hydrogens is 222 g/mol. The number of benzene rings is 1. The van der Waals surface area contributed by atoms with E-state index in [-0.39, 0.29) is 18.8 Å². The average molecular weight is 233 g/mol. The Morgan fingerprint density at radius 2 is 2.06 bits per heavy atom. The molecule has 0 amide bonds. The van der Waals surface area contributed by atoms with Crippen molar-refractivity contribution < 1.29 is 19.7 Å². The van der Waals surface area contributed by atoms with Crippen molar-refractivity contribution in [3.05, 3.63) is 35.4 Å². The predicted molar refractivity (Wildman–Crippen MR) is 60.2 cm³/mol. The number of hydrogen-bond donors (Lipinski definition) is 2. The van der Waals surface area contributed by atoms with Crippen molar-refractivity contribution in [2.75, 3.05) is 13.2 Å². The second kappa shape index (κ2) is 6.30. The molecule has 0 bridgehead atoms. The molecule has 0 saturated carbocycles. The van der Waals surface area contributed by atoms with Gasteiger partial charge in [0.05, 0.1) is 6.61 Å². The smallest absolute Gasteiger partial charge is 0.346 e. The molecule has 0 aliphatic rings. The van der Waals surface area contributed by atoms with Crippen LogP contribution in [0.25, 0.3) is 6.08 Å². The molecule has 1 aromatic carbocycles. The second-order valence-corrected chi connectivity index (χ2v) is 3.12. The summed E-state index contributed by atoms with van der Waals surface area (Å²) >= 11 is 0. The number of ether oxygens (including phenoxy) is 1. The van der Waals surface area contributed by atoms with Crippen LogP contribution in [0.2, 0.25) is 0 Å². The first-order valence-electron chi connectivity index (χ1n) is 4.86. The van der Waals surface area contributed by atoms with Gasteiger partial charge in [0.2, 0.25) is 0 Å². The number of aliphatic hydroxyl groups excluding tert-OH is 1. The SMILES string of the molecule is N#CC(=Cc1ccc(OCCO)cc1)C(=O)O. The number of rotatable bonds is 5. The third-order valence-electron chi connectivity index (χ3n) is 1.90. The summed E-state index contributed by atoms with van der Waals surface area (Å²) in [5, 5.41) is 25.8. The summed E-state index contributed by atoms with van der Waals surface area (Å²) in [5.41, 5.74) is 0.273. The first kappa shape index (κ1) is 12.7. The zero-order chi connectivity index (χ0) is 12.7. The highest BCUT2D eigenvalue weighted by atomic mass is 16.5.